The molecule has 0 aliphatic rings. The highest BCUT2D eigenvalue weighted by Gasteiger charge is 2.15. The van der Waals surface area contributed by atoms with Crippen LogP contribution in [0.25, 0.3) is 11.4 Å². The van der Waals surface area contributed by atoms with E-state index in [0.717, 1.165) is 18.7 Å². The summed E-state index contributed by atoms with van der Waals surface area (Å²) < 4.78 is 5.20. The van der Waals surface area contributed by atoms with E-state index in [-0.39, 0.29) is 6.04 Å². The van der Waals surface area contributed by atoms with E-state index in [1.165, 1.54) is 0 Å². The van der Waals surface area contributed by atoms with Crippen LogP contribution in [0.1, 0.15) is 13.0 Å². The molecule has 0 saturated carbocycles. The second kappa shape index (κ2) is 6.96. The summed E-state index contributed by atoms with van der Waals surface area (Å²) in [6, 6.07) is 9.87. The lowest BCUT2D eigenvalue weighted by atomic mass is 10.2. The van der Waals surface area contributed by atoms with E-state index in [1.807, 2.05) is 30.3 Å². The smallest absolute Gasteiger partial charge is 0.204 e. The number of aromatic nitrogens is 4. The maximum atomic E-state index is 5.20. The van der Waals surface area contributed by atoms with Crippen LogP contribution in [0.5, 0.6) is 0 Å². The Hall–Kier alpha value is -1.79. The number of hydrogen-bond acceptors (Lipinski definition) is 5. The first-order valence-corrected chi connectivity index (χ1v) is 6.39. The molecule has 1 heterocycles. The molecular formula is C13H19N5O. The number of likely N-dealkylation sites (N-methyl/N-ethyl adjacent to an activating group) is 1. The molecule has 0 saturated heterocycles. The van der Waals surface area contributed by atoms with Crippen molar-refractivity contribution in [1.82, 2.24) is 25.5 Å². The Bertz CT molecular complexity index is 485. The van der Waals surface area contributed by atoms with Crippen LogP contribution in [0.2, 0.25) is 0 Å². The lowest BCUT2D eigenvalue weighted by Gasteiger charge is -2.14. The van der Waals surface area contributed by atoms with Gasteiger partial charge in [0.05, 0.1) is 6.61 Å². The fourth-order valence-electron chi connectivity index (χ4n) is 1.79. The number of nitrogens with one attached hydrogen (secondary N) is 1. The normalized spacial score (nSPS) is 12.5. The van der Waals surface area contributed by atoms with E-state index in [1.54, 1.807) is 11.9 Å². The largest absolute Gasteiger partial charge is 0.382 e. The number of nitrogens with zero attached hydrogens (tertiary/aromatic N) is 4. The Morgan fingerprint density at radius 1 is 1.32 bits per heavy atom. The van der Waals surface area contributed by atoms with Gasteiger partial charge >= 0.3 is 0 Å². The van der Waals surface area contributed by atoms with Gasteiger partial charge in [0.1, 0.15) is 6.04 Å². The molecule has 19 heavy (non-hydrogen) atoms. The van der Waals surface area contributed by atoms with Gasteiger partial charge in [0, 0.05) is 19.2 Å². The first kappa shape index (κ1) is 13.6. The highest BCUT2D eigenvalue weighted by atomic mass is 16.5. The molecule has 1 aromatic carbocycles. The van der Waals surface area contributed by atoms with Gasteiger partial charge in [-0.2, -0.15) is 4.80 Å². The summed E-state index contributed by atoms with van der Waals surface area (Å²) in [5, 5.41) is 15.9. The summed E-state index contributed by atoms with van der Waals surface area (Å²) in [7, 11) is 1.67. The molecule has 0 aliphatic heterocycles. The predicted octanol–water partition coefficient (Wildman–Crippen LogP) is 1.14. The van der Waals surface area contributed by atoms with Crippen LogP contribution in [0.15, 0.2) is 30.3 Å². The number of hydrogen-bond donors (Lipinski definition) is 1. The Morgan fingerprint density at radius 3 is 2.79 bits per heavy atom. The maximum Gasteiger partial charge on any atom is 0.204 e. The molecule has 2 rings (SSSR count). The summed E-state index contributed by atoms with van der Waals surface area (Å²) in [6.45, 7) is 4.28. The maximum absolute atomic E-state index is 5.20. The van der Waals surface area contributed by atoms with Gasteiger partial charge in [0.2, 0.25) is 5.82 Å². The average Bonchev–Trinajstić information content (AvgIpc) is 2.94. The lowest BCUT2D eigenvalue weighted by Crippen LogP contribution is -2.29. The van der Waals surface area contributed by atoms with Crippen molar-refractivity contribution in [3.63, 3.8) is 0 Å². The van der Waals surface area contributed by atoms with Crippen LogP contribution >= 0.6 is 0 Å². The number of rotatable bonds is 7. The van der Waals surface area contributed by atoms with Gasteiger partial charge in [0.25, 0.3) is 0 Å². The predicted molar refractivity (Wildman–Crippen MR) is 72.7 cm³/mol. The summed E-state index contributed by atoms with van der Waals surface area (Å²) >= 11 is 0. The summed E-state index contributed by atoms with van der Waals surface area (Å²) in [4.78, 5) is 1.62. The molecule has 2 aromatic rings. The summed E-state index contributed by atoms with van der Waals surface area (Å²) in [5.41, 5.74) is 0.966. The minimum absolute atomic E-state index is 0.0508. The zero-order valence-corrected chi connectivity index (χ0v) is 11.3. The zero-order chi connectivity index (χ0) is 13.5. The van der Waals surface area contributed by atoms with Crippen molar-refractivity contribution in [2.45, 2.75) is 13.0 Å². The van der Waals surface area contributed by atoms with Gasteiger partial charge in [0.15, 0.2) is 0 Å². The minimum atomic E-state index is 0.0508. The molecule has 0 spiro atoms. The van der Waals surface area contributed by atoms with Gasteiger partial charge in [-0.1, -0.05) is 37.3 Å². The fraction of sp³-hybridized carbons (Fsp3) is 0.462. The zero-order valence-electron chi connectivity index (χ0n) is 11.3. The Kier molecular flexibility index (Phi) is 5.00. The molecule has 6 heteroatoms. The van der Waals surface area contributed by atoms with E-state index < -0.39 is 0 Å². The first-order valence-electron chi connectivity index (χ1n) is 6.39. The third-order valence-electron chi connectivity index (χ3n) is 2.78. The Morgan fingerprint density at radius 2 is 2.11 bits per heavy atom. The molecule has 0 amide bonds. The molecule has 1 unspecified atom stereocenters. The van der Waals surface area contributed by atoms with Gasteiger partial charge in [-0.15, -0.1) is 10.2 Å². The lowest BCUT2D eigenvalue weighted by molar-refractivity contribution is 0.140. The number of ether oxygens (including phenoxy) is 1. The van der Waals surface area contributed by atoms with Crippen molar-refractivity contribution >= 4 is 0 Å². The Labute approximate surface area is 112 Å². The van der Waals surface area contributed by atoms with Crippen molar-refractivity contribution in [1.29, 1.82) is 0 Å². The third-order valence-corrected chi connectivity index (χ3v) is 2.78. The average molecular weight is 261 g/mol. The molecule has 1 aromatic heterocycles. The van der Waals surface area contributed by atoms with E-state index in [2.05, 4.69) is 27.7 Å². The van der Waals surface area contributed by atoms with Crippen molar-refractivity contribution in [2.24, 2.45) is 0 Å². The third kappa shape index (κ3) is 3.59. The second-order valence-electron chi connectivity index (χ2n) is 4.22. The van der Waals surface area contributed by atoms with Gasteiger partial charge in [-0.05, 0) is 11.8 Å². The van der Waals surface area contributed by atoms with Gasteiger partial charge in [-0.3, -0.25) is 0 Å². The number of tetrazole rings is 1. The fourth-order valence-corrected chi connectivity index (χ4v) is 1.79. The SMILES string of the molecule is CCNCC(COC)n1nnc(-c2ccccc2)n1. The minimum Gasteiger partial charge on any atom is -0.382 e. The molecule has 0 aliphatic carbocycles. The van der Waals surface area contributed by atoms with Crippen LogP contribution in [0, 0.1) is 0 Å². The van der Waals surface area contributed by atoms with E-state index in [9.17, 15) is 0 Å². The molecule has 6 nitrogen and oxygen atoms in total. The van der Waals surface area contributed by atoms with Crippen molar-refractivity contribution in [3.05, 3.63) is 30.3 Å². The molecule has 0 bridgehead atoms. The van der Waals surface area contributed by atoms with Crippen LogP contribution in [0.3, 0.4) is 0 Å². The topological polar surface area (TPSA) is 64.9 Å². The van der Waals surface area contributed by atoms with Crippen LogP contribution < -0.4 is 5.32 Å². The monoisotopic (exact) mass is 261 g/mol. The van der Waals surface area contributed by atoms with Crippen LogP contribution in [-0.2, 0) is 4.74 Å². The van der Waals surface area contributed by atoms with Crippen molar-refractivity contribution in [3.8, 4) is 11.4 Å². The van der Waals surface area contributed by atoms with Gasteiger partial charge in [-0.25, -0.2) is 0 Å². The van der Waals surface area contributed by atoms with Crippen molar-refractivity contribution < 1.29 is 4.74 Å². The molecule has 1 N–H and O–H groups in total. The van der Waals surface area contributed by atoms with Gasteiger partial charge < -0.3 is 10.1 Å². The highest BCUT2D eigenvalue weighted by molar-refractivity contribution is 5.52. The van der Waals surface area contributed by atoms with E-state index in [0.29, 0.717) is 12.4 Å². The molecule has 0 fully saturated rings. The molecule has 0 radical (unpaired) electrons. The molecule has 102 valence electrons. The van der Waals surface area contributed by atoms with E-state index in [4.69, 9.17) is 4.74 Å². The first-order chi connectivity index (χ1) is 9.35. The standard InChI is InChI=1S/C13H19N5O/c1-3-14-9-12(10-19-2)18-16-13(15-17-18)11-7-5-4-6-8-11/h4-8,12,14H,3,9-10H2,1-2H3. The van der Waals surface area contributed by atoms with Crippen LogP contribution in [0.4, 0.5) is 0 Å². The summed E-state index contributed by atoms with van der Waals surface area (Å²) in [6.07, 6.45) is 0. The van der Waals surface area contributed by atoms with Crippen molar-refractivity contribution in [2.75, 3.05) is 26.8 Å². The van der Waals surface area contributed by atoms with Crippen LogP contribution in [-0.4, -0.2) is 47.0 Å². The molecule has 1 atom stereocenters. The highest BCUT2D eigenvalue weighted by Crippen LogP contribution is 2.13. The number of methoxy groups -OCH3 is 1. The molecular weight excluding hydrogens is 242 g/mol. The second-order valence-corrected chi connectivity index (χ2v) is 4.22. The Balaban J connectivity index is 2.14. The van der Waals surface area contributed by atoms with E-state index >= 15 is 0 Å². The number of benzene rings is 1. The quantitative estimate of drug-likeness (QED) is 0.809. The summed E-state index contributed by atoms with van der Waals surface area (Å²) in [5.74, 6) is 0.637.